The molecule has 0 spiro atoms. The number of benzene rings is 1. The van der Waals surface area contributed by atoms with Crippen molar-refractivity contribution < 1.29 is 9.47 Å². The Hall–Kier alpha value is -1.34. The summed E-state index contributed by atoms with van der Waals surface area (Å²) in [5, 5.41) is 13.3. The first-order valence-corrected chi connectivity index (χ1v) is 7.51. The van der Waals surface area contributed by atoms with Crippen LogP contribution in [0.25, 0.3) is 0 Å². The first-order chi connectivity index (χ1) is 9.26. The van der Waals surface area contributed by atoms with Crippen molar-refractivity contribution >= 4 is 32.4 Å². The van der Waals surface area contributed by atoms with E-state index in [1.54, 1.807) is 11.3 Å². The topological polar surface area (TPSA) is 56.3 Å². The third-order valence-electron chi connectivity index (χ3n) is 2.74. The number of aryl methyl sites for hydroxylation is 1. The highest BCUT2D eigenvalue weighted by atomic mass is 79.9. The lowest BCUT2D eigenvalue weighted by Crippen LogP contribution is -2.00. The highest BCUT2D eigenvalue weighted by Gasteiger charge is 2.16. The number of aromatic nitrogens is 2. The van der Waals surface area contributed by atoms with Crippen LogP contribution in [0.2, 0.25) is 0 Å². The van der Waals surface area contributed by atoms with E-state index < -0.39 is 0 Å². The summed E-state index contributed by atoms with van der Waals surface area (Å²) in [6.07, 6.45) is 0.910. The van der Waals surface area contributed by atoms with Crippen molar-refractivity contribution in [3.8, 4) is 11.5 Å². The third-order valence-corrected chi connectivity index (χ3v) is 4.50. The summed E-state index contributed by atoms with van der Waals surface area (Å²) in [4.78, 5) is 0. The highest BCUT2D eigenvalue weighted by molar-refractivity contribution is 9.10. The summed E-state index contributed by atoms with van der Waals surface area (Å²) in [6, 6.07) is 3.90. The third kappa shape index (κ3) is 2.66. The summed E-state index contributed by atoms with van der Waals surface area (Å²) in [7, 11) is 0. The Morgan fingerprint density at radius 3 is 2.84 bits per heavy atom. The van der Waals surface area contributed by atoms with Gasteiger partial charge in [-0.1, -0.05) is 34.2 Å². The smallest absolute Gasteiger partial charge is 0.231 e. The van der Waals surface area contributed by atoms with Crippen molar-refractivity contribution in [1.29, 1.82) is 0 Å². The van der Waals surface area contributed by atoms with Gasteiger partial charge in [0.2, 0.25) is 11.9 Å². The molecule has 3 rings (SSSR count). The number of halogens is 1. The van der Waals surface area contributed by atoms with Crippen molar-refractivity contribution in [3.05, 3.63) is 27.2 Å². The molecule has 1 N–H and O–H groups in total. The van der Waals surface area contributed by atoms with E-state index in [4.69, 9.17) is 9.47 Å². The fourth-order valence-electron chi connectivity index (χ4n) is 1.73. The summed E-state index contributed by atoms with van der Waals surface area (Å²) in [6.45, 7) is 3.02. The molecule has 1 aliphatic heterocycles. The Balaban J connectivity index is 1.73. The molecule has 0 aliphatic carbocycles. The van der Waals surface area contributed by atoms with Crippen LogP contribution in [0.5, 0.6) is 11.5 Å². The molecule has 0 amide bonds. The van der Waals surface area contributed by atoms with Gasteiger partial charge in [-0.05, 0) is 24.1 Å². The van der Waals surface area contributed by atoms with Crippen LogP contribution in [0.15, 0.2) is 16.6 Å². The number of rotatable bonds is 4. The van der Waals surface area contributed by atoms with Gasteiger partial charge in [0.1, 0.15) is 5.01 Å². The zero-order valence-electron chi connectivity index (χ0n) is 10.3. The van der Waals surface area contributed by atoms with Crippen LogP contribution in [0.3, 0.4) is 0 Å². The minimum absolute atomic E-state index is 0.287. The standard InChI is InChI=1S/C12H12BrN3O2S/c1-2-11-15-16-12(19-11)14-5-7-3-9-10(4-8(7)13)18-6-17-9/h3-4H,2,5-6H2,1H3,(H,14,16). The van der Waals surface area contributed by atoms with E-state index in [9.17, 15) is 0 Å². The molecule has 2 aromatic rings. The van der Waals surface area contributed by atoms with Crippen LogP contribution in [-0.2, 0) is 13.0 Å². The summed E-state index contributed by atoms with van der Waals surface area (Å²) < 4.78 is 11.7. The molecule has 0 saturated carbocycles. The Morgan fingerprint density at radius 1 is 1.32 bits per heavy atom. The van der Waals surface area contributed by atoms with Gasteiger partial charge in [-0.2, -0.15) is 0 Å². The molecule has 2 heterocycles. The lowest BCUT2D eigenvalue weighted by molar-refractivity contribution is 0.174. The number of hydrogen-bond donors (Lipinski definition) is 1. The monoisotopic (exact) mass is 341 g/mol. The van der Waals surface area contributed by atoms with Crippen LogP contribution < -0.4 is 14.8 Å². The quantitative estimate of drug-likeness (QED) is 0.925. The first-order valence-electron chi connectivity index (χ1n) is 5.90. The Morgan fingerprint density at radius 2 is 2.11 bits per heavy atom. The average molecular weight is 342 g/mol. The highest BCUT2D eigenvalue weighted by Crippen LogP contribution is 2.37. The molecule has 0 saturated heterocycles. The number of nitrogens with one attached hydrogen (secondary N) is 1. The second-order valence-electron chi connectivity index (χ2n) is 4.00. The molecule has 0 fully saturated rings. The van der Waals surface area contributed by atoms with E-state index in [0.29, 0.717) is 6.54 Å². The summed E-state index contributed by atoms with van der Waals surface area (Å²) in [5.41, 5.74) is 1.09. The second kappa shape index (κ2) is 5.34. The van der Waals surface area contributed by atoms with Crippen LogP contribution in [0.4, 0.5) is 5.13 Å². The zero-order chi connectivity index (χ0) is 13.2. The van der Waals surface area contributed by atoms with Crippen molar-refractivity contribution in [2.75, 3.05) is 12.1 Å². The van der Waals surface area contributed by atoms with Crippen LogP contribution in [0, 0.1) is 0 Å². The Kier molecular flexibility index (Phi) is 3.56. The number of fused-ring (bicyclic) bond motifs is 1. The minimum Gasteiger partial charge on any atom is -0.454 e. The van der Waals surface area contributed by atoms with Gasteiger partial charge in [0.25, 0.3) is 0 Å². The molecule has 0 unspecified atom stereocenters. The van der Waals surface area contributed by atoms with E-state index in [2.05, 4.69) is 38.4 Å². The van der Waals surface area contributed by atoms with Gasteiger partial charge >= 0.3 is 0 Å². The average Bonchev–Trinajstić information content (AvgIpc) is 3.03. The normalized spacial score (nSPS) is 12.7. The van der Waals surface area contributed by atoms with Gasteiger partial charge in [0.05, 0.1) is 0 Å². The van der Waals surface area contributed by atoms with E-state index in [-0.39, 0.29) is 6.79 Å². The molecule has 100 valence electrons. The van der Waals surface area contributed by atoms with Crippen molar-refractivity contribution in [1.82, 2.24) is 10.2 Å². The lowest BCUT2D eigenvalue weighted by atomic mass is 10.2. The number of hydrogen-bond acceptors (Lipinski definition) is 6. The number of ether oxygens (including phenoxy) is 2. The maximum atomic E-state index is 5.37. The van der Waals surface area contributed by atoms with Gasteiger partial charge in [0.15, 0.2) is 11.5 Å². The van der Waals surface area contributed by atoms with E-state index in [1.807, 2.05) is 12.1 Å². The van der Waals surface area contributed by atoms with Crippen LogP contribution in [-0.4, -0.2) is 17.0 Å². The van der Waals surface area contributed by atoms with Gasteiger partial charge in [-0.15, -0.1) is 10.2 Å². The van der Waals surface area contributed by atoms with Gasteiger partial charge < -0.3 is 14.8 Å². The van der Waals surface area contributed by atoms with Gasteiger partial charge in [-0.3, -0.25) is 0 Å². The molecule has 5 nitrogen and oxygen atoms in total. The predicted octanol–water partition coefficient (Wildman–Crippen LogP) is 3.20. The molecule has 7 heteroatoms. The molecule has 0 radical (unpaired) electrons. The summed E-state index contributed by atoms with van der Waals surface area (Å²) in [5.74, 6) is 1.56. The largest absolute Gasteiger partial charge is 0.454 e. The van der Waals surface area contributed by atoms with Crippen LogP contribution >= 0.6 is 27.3 Å². The molecular weight excluding hydrogens is 330 g/mol. The maximum Gasteiger partial charge on any atom is 0.231 e. The first kappa shape index (κ1) is 12.7. The predicted molar refractivity (Wildman–Crippen MR) is 76.9 cm³/mol. The second-order valence-corrected chi connectivity index (χ2v) is 5.92. The van der Waals surface area contributed by atoms with E-state index in [0.717, 1.165) is 38.1 Å². The lowest BCUT2D eigenvalue weighted by Gasteiger charge is -2.06. The fraction of sp³-hybridized carbons (Fsp3) is 0.333. The van der Waals surface area contributed by atoms with E-state index >= 15 is 0 Å². The van der Waals surface area contributed by atoms with Gasteiger partial charge in [-0.25, -0.2) is 0 Å². The fourth-order valence-corrected chi connectivity index (χ4v) is 2.87. The Labute approximate surface area is 123 Å². The number of nitrogens with zero attached hydrogens (tertiary/aromatic N) is 2. The molecule has 19 heavy (non-hydrogen) atoms. The van der Waals surface area contributed by atoms with Crippen LogP contribution in [0.1, 0.15) is 17.5 Å². The van der Waals surface area contributed by atoms with Crippen molar-refractivity contribution in [2.24, 2.45) is 0 Å². The Bertz CT molecular complexity index is 603. The summed E-state index contributed by atoms with van der Waals surface area (Å²) >= 11 is 5.11. The molecular formula is C12H12BrN3O2S. The number of anilines is 1. The minimum atomic E-state index is 0.287. The zero-order valence-corrected chi connectivity index (χ0v) is 12.7. The molecule has 1 aliphatic rings. The van der Waals surface area contributed by atoms with Crippen molar-refractivity contribution in [2.45, 2.75) is 19.9 Å². The molecule has 1 aromatic carbocycles. The van der Waals surface area contributed by atoms with Crippen molar-refractivity contribution in [3.63, 3.8) is 0 Å². The molecule has 0 atom stereocenters. The SMILES string of the molecule is CCc1nnc(NCc2cc3c(cc2Br)OCO3)s1. The van der Waals surface area contributed by atoms with Gasteiger partial charge in [0, 0.05) is 11.0 Å². The molecule has 1 aromatic heterocycles. The maximum absolute atomic E-state index is 5.37. The molecule has 0 bridgehead atoms. The van der Waals surface area contributed by atoms with E-state index in [1.165, 1.54) is 0 Å².